The predicted molar refractivity (Wildman–Crippen MR) is 154 cm³/mol. The van der Waals surface area contributed by atoms with E-state index in [9.17, 15) is 4.79 Å². The summed E-state index contributed by atoms with van der Waals surface area (Å²) in [4.78, 5) is 18.4. The zero-order valence-electron chi connectivity index (χ0n) is 22.4. The van der Waals surface area contributed by atoms with Gasteiger partial charge in [-0.25, -0.2) is 9.48 Å². The number of aryl methyl sites for hydroxylation is 1. The van der Waals surface area contributed by atoms with Gasteiger partial charge in [0, 0.05) is 17.0 Å². The lowest BCUT2D eigenvalue weighted by Crippen LogP contribution is -2.30. The lowest BCUT2D eigenvalue weighted by Gasteiger charge is -2.29. The van der Waals surface area contributed by atoms with Gasteiger partial charge in [0.15, 0.2) is 0 Å². The molecule has 3 aromatic carbocycles. The van der Waals surface area contributed by atoms with Crippen LogP contribution in [0.2, 0.25) is 0 Å². The van der Waals surface area contributed by atoms with Gasteiger partial charge < -0.3 is 14.8 Å². The van der Waals surface area contributed by atoms with Crippen molar-refractivity contribution in [2.75, 3.05) is 11.1 Å². The molecule has 0 aliphatic carbocycles. The standard InChI is InChI=1S/C31H32N4O3S/c1-4-18-39-31-33-30-32-22(3)27(29(36)38-20-23-10-6-5-7-11-23)28(35(30)34-31)25-12-8-9-13-26(25)37-19-24-16-14-21(2)15-17-24/h5-17,28H,4,18-20H2,1-3H3,(H,32,33,34). The van der Waals surface area contributed by atoms with E-state index in [4.69, 9.17) is 19.6 Å². The molecule has 1 aliphatic rings. The lowest BCUT2D eigenvalue weighted by molar-refractivity contribution is -0.140. The number of aromatic nitrogens is 3. The molecule has 1 N–H and O–H groups in total. The first-order valence-corrected chi connectivity index (χ1v) is 14.1. The van der Waals surface area contributed by atoms with E-state index in [0.29, 0.717) is 34.7 Å². The highest BCUT2D eigenvalue weighted by Crippen LogP contribution is 2.40. The van der Waals surface area contributed by atoms with Gasteiger partial charge >= 0.3 is 5.97 Å². The fourth-order valence-corrected chi connectivity index (χ4v) is 5.11. The van der Waals surface area contributed by atoms with Gasteiger partial charge in [-0.3, -0.25) is 0 Å². The Balaban J connectivity index is 1.50. The molecule has 8 heteroatoms. The van der Waals surface area contributed by atoms with E-state index in [1.165, 1.54) is 5.56 Å². The summed E-state index contributed by atoms with van der Waals surface area (Å²) >= 11 is 1.59. The molecule has 2 heterocycles. The minimum absolute atomic E-state index is 0.177. The number of carbonyl (C=O) groups is 1. The zero-order chi connectivity index (χ0) is 27.2. The Morgan fingerprint density at radius 2 is 1.67 bits per heavy atom. The number of thioether (sulfide) groups is 1. The van der Waals surface area contributed by atoms with Crippen molar-refractivity contribution in [2.24, 2.45) is 0 Å². The van der Waals surface area contributed by atoms with E-state index >= 15 is 0 Å². The highest BCUT2D eigenvalue weighted by Gasteiger charge is 2.37. The molecule has 1 atom stereocenters. The molecule has 1 unspecified atom stereocenters. The molecule has 1 aromatic heterocycles. The van der Waals surface area contributed by atoms with Gasteiger partial charge in [-0.1, -0.05) is 97.0 Å². The molecule has 7 nitrogen and oxygen atoms in total. The Hall–Kier alpha value is -4.04. The fraction of sp³-hybridized carbons (Fsp3) is 0.258. The minimum atomic E-state index is -0.567. The molecule has 0 saturated heterocycles. The molecule has 39 heavy (non-hydrogen) atoms. The summed E-state index contributed by atoms with van der Waals surface area (Å²) in [6, 6.07) is 25.1. The highest BCUT2D eigenvalue weighted by molar-refractivity contribution is 7.99. The summed E-state index contributed by atoms with van der Waals surface area (Å²) in [6.45, 7) is 6.64. The third kappa shape index (κ3) is 6.17. The van der Waals surface area contributed by atoms with Crippen molar-refractivity contribution < 1.29 is 14.3 Å². The average molecular weight is 541 g/mol. The number of fused-ring (bicyclic) bond motifs is 1. The van der Waals surface area contributed by atoms with Gasteiger partial charge in [0.25, 0.3) is 0 Å². The van der Waals surface area contributed by atoms with E-state index in [1.807, 2.05) is 61.5 Å². The van der Waals surface area contributed by atoms with E-state index in [0.717, 1.165) is 28.9 Å². The van der Waals surface area contributed by atoms with Crippen LogP contribution < -0.4 is 10.1 Å². The van der Waals surface area contributed by atoms with Gasteiger partial charge in [-0.15, -0.1) is 5.10 Å². The van der Waals surface area contributed by atoms with E-state index in [1.54, 1.807) is 16.4 Å². The van der Waals surface area contributed by atoms with Crippen LogP contribution in [0.15, 0.2) is 95.3 Å². The summed E-state index contributed by atoms with van der Waals surface area (Å²) in [6.07, 6.45) is 1.01. The smallest absolute Gasteiger partial charge is 0.338 e. The first-order chi connectivity index (χ1) is 19.0. The first kappa shape index (κ1) is 26.6. The van der Waals surface area contributed by atoms with Crippen molar-refractivity contribution >= 4 is 23.7 Å². The normalized spacial score (nSPS) is 14.5. The summed E-state index contributed by atoms with van der Waals surface area (Å²) < 4.78 is 13.9. The Morgan fingerprint density at radius 3 is 2.44 bits per heavy atom. The van der Waals surface area contributed by atoms with Crippen LogP contribution in [-0.2, 0) is 22.7 Å². The van der Waals surface area contributed by atoms with Crippen molar-refractivity contribution in [3.05, 3.63) is 112 Å². The van der Waals surface area contributed by atoms with Crippen molar-refractivity contribution in [3.63, 3.8) is 0 Å². The largest absolute Gasteiger partial charge is 0.489 e. The molecule has 4 aromatic rings. The number of para-hydroxylation sites is 1. The predicted octanol–water partition coefficient (Wildman–Crippen LogP) is 6.70. The number of rotatable bonds is 10. The Morgan fingerprint density at radius 1 is 0.949 bits per heavy atom. The van der Waals surface area contributed by atoms with Crippen LogP contribution in [0.4, 0.5) is 5.95 Å². The van der Waals surface area contributed by atoms with Crippen molar-refractivity contribution in [2.45, 2.75) is 51.6 Å². The molecular formula is C31H32N4O3S. The molecule has 5 rings (SSSR count). The maximum Gasteiger partial charge on any atom is 0.338 e. The monoisotopic (exact) mass is 540 g/mol. The Kier molecular flexibility index (Phi) is 8.32. The quantitative estimate of drug-likeness (QED) is 0.177. The number of nitrogens with zero attached hydrogens (tertiary/aromatic N) is 3. The zero-order valence-corrected chi connectivity index (χ0v) is 23.2. The molecular weight excluding hydrogens is 508 g/mol. The maximum absolute atomic E-state index is 13.6. The van der Waals surface area contributed by atoms with Gasteiger partial charge in [-0.2, -0.15) is 4.98 Å². The summed E-state index contributed by atoms with van der Waals surface area (Å²) in [5, 5.41) is 8.75. The van der Waals surface area contributed by atoms with E-state index in [2.05, 4.69) is 43.4 Å². The number of ether oxygens (including phenoxy) is 2. The molecule has 0 bridgehead atoms. The van der Waals surface area contributed by atoms with Crippen LogP contribution in [0, 0.1) is 6.92 Å². The van der Waals surface area contributed by atoms with Crippen molar-refractivity contribution in [1.82, 2.24) is 14.8 Å². The summed E-state index contributed by atoms with van der Waals surface area (Å²) in [7, 11) is 0. The number of benzene rings is 3. The second-order valence-electron chi connectivity index (χ2n) is 9.45. The van der Waals surface area contributed by atoms with Crippen LogP contribution in [0.25, 0.3) is 0 Å². The number of hydrogen-bond donors (Lipinski definition) is 1. The van der Waals surface area contributed by atoms with Crippen LogP contribution in [0.3, 0.4) is 0 Å². The number of esters is 1. The average Bonchev–Trinajstić information content (AvgIpc) is 3.37. The summed E-state index contributed by atoms with van der Waals surface area (Å²) in [5.41, 5.74) is 5.15. The van der Waals surface area contributed by atoms with Crippen LogP contribution in [0.1, 0.15) is 48.6 Å². The second kappa shape index (κ2) is 12.2. The van der Waals surface area contributed by atoms with Crippen LogP contribution in [-0.4, -0.2) is 26.5 Å². The molecule has 0 saturated carbocycles. The third-order valence-electron chi connectivity index (χ3n) is 6.43. The third-order valence-corrected chi connectivity index (χ3v) is 7.47. The molecule has 0 fully saturated rings. The highest BCUT2D eigenvalue weighted by atomic mass is 32.2. The SMILES string of the molecule is CCCSc1nc2n(n1)C(c1ccccc1OCc1ccc(C)cc1)C(C(=O)OCc1ccccc1)=C(C)N2. The first-order valence-electron chi connectivity index (χ1n) is 13.1. The Labute approximate surface area is 233 Å². The molecule has 200 valence electrons. The van der Waals surface area contributed by atoms with Gasteiger partial charge in [0.1, 0.15) is 25.0 Å². The lowest BCUT2D eigenvalue weighted by atomic mass is 9.95. The van der Waals surface area contributed by atoms with Crippen LogP contribution in [0.5, 0.6) is 5.75 Å². The molecule has 0 radical (unpaired) electrons. The fourth-order valence-electron chi connectivity index (χ4n) is 4.42. The van der Waals surface area contributed by atoms with E-state index in [-0.39, 0.29) is 6.61 Å². The number of hydrogen-bond acceptors (Lipinski definition) is 7. The van der Waals surface area contributed by atoms with Crippen molar-refractivity contribution in [1.29, 1.82) is 0 Å². The number of carbonyl (C=O) groups excluding carboxylic acids is 1. The van der Waals surface area contributed by atoms with Gasteiger partial charge in [0.05, 0.1) is 5.57 Å². The summed E-state index contributed by atoms with van der Waals surface area (Å²) in [5.74, 6) is 1.76. The number of allylic oxidation sites excluding steroid dienone is 1. The second-order valence-corrected chi connectivity index (χ2v) is 10.5. The Bertz CT molecular complexity index is 1460. The number of anilines is 1. The molecule has 0 amide bonds. The maximum atomic E-state index is 13.6. The topological polar surface area (TPSA) is 78.3 Å². The van der Waals surface area contributed by atoms with Crippen LogP contribution >= 0.6 is 11.8 Å². The molecule has 0 spiro atoms. The number of nitrogens with one attached hydrogen (secondary N) is 1. The van der Waals surface area contributed by atoms with Gasteiger partial charge in [0.2, 0.25) is 11.1 Å². The van der Waals surface area contributed by atoms with E-state index < -0.39 is 12.0 Å². The van der Waals surface area contributed by atoms with Crippen molar-refractivity contribution in [3.8, 4) is 5.75 Å². The minimum Gasteiger partial charge on any atom is -0.489 e. The molecule has 1 aliphatic heterocycles. The van der Waals surface area contributed by atoms with Gasteiger partial charge in [-0.05, 0) is 37.5 Å².